The fourth-order valence-corrected chi connectivity index (χ4v) is 2.06. The van der Waals surface area contributed by atoms with Crippen LogP contribution in [-0.2, 0) is 0 Å². The van der Waals surface area contributed by atoms with E-state index in [-0.39, 0.29) is 11.0 Å². The molecule has 2 rings (SSSR count). The zero-order valence-electron chi connectivity index (χ0n) is 8.08. The Balaban J connectivity index is 2.45. The van der Waals surface area contributed by atoms with E-state index >= 15 is 0 Å². The number of rotatable bonds is 2. The van der Waals surface area contributed by atoms with Gasteiger partial charge < -0.3 is 10.2 Å². The predicted molar refractivity (Wildman–Crippen MR) is 63.8 cm³/mol. The number of hydrogen-bond donors (Lipinski definition) is 1. The second-order valence-electron chi connectivity index (χ2n) is 3.29. The Kier molecular flexibility index (Phi) is 3.33. The van der Waals surface area contributed by atoms with Crippen LogP contribution in [0.2, 0.25) is 5.22 Å². The van der Waals surface area contributed by atoms with Gasteiger partial charge in [-0.1, -0.05) is 15.9 Å². The SMILES string of the molecule is NC(c1cc(Br)ccc1F)c1ccoc1Cl. The van der Waals surface area contributed by atoms with E-state index in [0.717, 1.165) is 4.47 Å². The van der Waals surface area contributed by atoms with Gasteiger partial charge >= 0.3 is 0 Å². The molecule has 0 aliphatic heterocycles. The van der Waals surface area contributed by atoms with Crippen molar-refractivity contribution in [1.29, 1.82) is 0 Å². The molecule has 0 saturated heterocycles. The van der Waals surface area contributed by atoms with E-state index in [4.69, 9.17) is 21.8 Å². The van der Waals surface area contributed by atoms with E-state index in [9.17, 15) is 4.39 Å². The summed E-state index contributed by atoms with van der Waals surface area (Å²) in [6.07, 6.45) is 1.42. The average Bonchev–Trinajstić information content (AvgIpc) is 2.67. The second-order valence-corrected chi connectivity index (χ2v) is 4.55. The molecule has 1 aromatic heterocycles. The summed E-state index contributed by atoms with van der Waals surface area (Å²) in [6.45, 7) is 0. The van der Waals surface area contributed by atoms with Crippen LogP contribution < -0.4 is 5.73 Å². The first kappa shape index (κ1) is 11.6. The van der Waals surface area contributed by atoms with Gasteiger partial charge in [-0.05, 0) is 35.9 Å². The van der Waals surface area contributed by atoms with Gasteiger partial charge in [-0.25, -0.2) is 4.39 Å². The molecule has 0 aliphatic carbocycles. The maximum atomic E-state index is 13.6. The molecule has 5 heteroatoms. The minimum Gasteiger partial charge on any atom is -0.453 e. The van der Waals surface area contributed by atoms with Gasteiger partial charge in [0, 0.05) is 15.6 Å². The average molecular weight is 305 g/mol. The van der Waals surface area contributed by atoms with Crippen molar-refractivity contribution in [3.63, 3.8) is 0 Å². The Morgan fingerprint density at radius 3 is 2.69 bits per heavy atom. The summed E-state index contributed by atoms with van der Waals surface area (Å²) in [5, 5.41) is 0.187. The van der Waals surface area contributed by atoms with Gasteiger partial charge in [-0.2, -0.15) is 0 Å². The van der Waals surface area contributed by atoms with Crippen molar-refractivity contribution in [1.82, 2.24) is 0 Å². The molecule has 2 nitrogen and oxygen atoms in total. The molecule has 1 atom stereocenters. The fraction of sp³-hybridized carbons (Fsp3) is 0.0909. The third-order valence-corrected chi connectivity index (χ3v) is 3.07. The molecule has 1 aromatic carbocycles. The van der Waals surface area contributed by atoms with Crippen molar-refractivity contribution in [2.75, 3.05) is 0 Å². The summed E-state index contributed by atoms with van der Waals surface area (Å²) >= 11 is 9.06. The molecule has 0 fully saturated rings. The summed E-state index contributed by atoms with van der Waals surface area (Å²) < 4.78 is 19.3. The van der Waals surface area contributed by atoms with E-state index in [0.29, 0.717) is 11.1 Å². The maximum absolute atomic E-state index is 13.6. The monoisotopic (exact) mass is 303 g/mol. The Morgan fingerprint density at radius 1 is 1.31 bits per heavy atom. The molecular weight excluding hydrogens is 296 g/mol. The van der Waals surface area contributed by atoms with Gasteiger partial charge in [0.05, 0.1) is 12.3 Å². The first-order chi connectivity index (χ1) is 7.59. The van der Waals surface area contributed by atoms with Gasteiger partial charge in [0.25, 0.3) is 0 Å². The van der Waals surface area contributed by atoms with Crippen molar-refractivity contribution >= 4 is 27.5 Å². The van der Waals surface area contributed by atoms with Gasteiger partial charge in [0.15, 0.2) is 5.22 Å². The molecular formula is C11H8BrClFNO. The summed E-state index contributed by atoms with van der Waals surface area (Å²) in [7, 11) is 0. The number of furan rings is 1. The highest BCUT2D eigenvalue weighted by Crippen LogP contribution is 2.30. The quantitative estimate of drug-likeness (QED) is 0.914. The lowest BCUT2D eigenvalue weighted by atomic mass is 10.0. The van der Waals surface area contributed by atoms with Crippen LogP contribution in [0, 0.1) is 5.82 Å². The summed E-state index contributed by atoms with van der Waals surface area (Å²) in [5.74, 6) is -0.368. The van der Waals surface area contributed by atoms with Crippen molar-refractivity contribution in [3.05, 3.63) is 57.2 Å². The van der Waals surface area contributed by atoms with Crippen LogP contribution in [0.1, 0.15) is 17.2 Å². The van der Waals surface area contributed by atoms with Crippen LogP contribution in [0.3, 0.4) is 0 Å². The second kappa shape index (κ2) is 4.57. The Bertz CT molecular complexity index is 514. The normalized spacial score (nSPS) is 12.8. The van der Waals surface area contributed by atoms with E-state index < -0.39 is 6.04 Å². The molecule has 0 bridgehead atoms. The lowest BCUT2D eigenvalue weighted by Gasteiger charge is -2.12. The smallest absolute Gasteiger partial charge is 0.198 e. The minimum atomic E-state index is -0.635. The summed E-state index contributed by atoms with van der Waals surface area (Å²) in [4.78, 5) is 0. The van der Waals surface area contributed by atoms with Crippen LogP contribution in [0.15, 0.2) is 39.4 Å². The summed E-state index contributed by atoms with van der Waals surface area (Å²) in [6, 6.07) is 5.59. The molecule has 16 heavy (non-hydrogen) atoms. The van der Waals surface area contributed by atoms with Crippen LogP contribution >= 0.6 is 27.5 Å². The third-order valence-electron chi connectivity index (χ3n) is 2.27. The zero-order valence-corrected chi connectivity index (χ0v) is 10.4. The largest absolute Gasteiger partial charge is 0.453 e. The molecule has 0 radical (unpaired) electrons. The molecule has 0 amide bonds. The van der Waals surface area contributed by atoms with Crippen LogP contribution in [-0.4, -0.2) is 0 Å². The van der Waals surface area contributed by atoms with E-state index in [2.05, 4.69) is 15.9 Å². The fourth-order valence-electron chi connectivity index (χ4n) is 1.45. The maximum Gasteiger partial charge on any atom is 0.198 e. The van der Waals surface area contributed by atoms with E-state index in [1.165, 1.54) is 12.3 Å². The standard InChI is InChI=1S/C11H8BrClFNO/c12-6-1-2-9(14)8(5-6)10(15)7-3-4-16-11(7)13/h1-5,10H,15H2. The van der Waals surface area contributed by atoms with Crippen molar-refractivity contribution < 1.29 is 8.81 Å². The van der Waals surface area contributed by atoms with Crippen LogP contribution in [0.25, 0.3) is 0 Å². The molecule has 84 valence electrons. The Morgan fingerprint density at radius 2 is 2.06 bits per heavy atom. The van der Waals surface area contributed by atoms with Crippen LogP contribution in [0.4, 0.5) is 4.39 Å². The molecule has 2 N–H and O–H groups in total. The van der Waals surface area contributed by atoms with Gasteiger partial charge in [-0.15, -0.1) is 0 Å². The number of benzene rings is 1. The number of hydrogen-bond acceptors (Lipinski definition) is 2. The minimum absolute atomic E-state index is 0.187. The number of nitrogens with two attached hydrogens (primary N) is 1. The molecule has 0 saturated carbocycles. The van der Waals surface area contributed by atoms with Crippen molar-refractivity contribution in [3.8, 4) is 0 Å². The van der Waals surface area contributed by atoms with E-state index in [1.807, 2.05) is 0 Å². The van der Waals surface area contributed by atoms with E-state index in [1.54, 1.807) is 18.2 Å². The molecule has 2 aromatic rings. The third kappa shape index (κ3) is 2.14. The zero-order chi connectivity index (χ0) is 11.7. The first-order valence-corrected chi connectivity index (χ1v) is 5.70. The van der Waals surface area contributed by atoms with Gasteiger partial charge in [-0.3, -0.25) is 0 Å². The van der Waals surface area contributed by atoms with Gasteiger partial charge in [0.1, 0.15) is 5.82 Å². The van der Waals surface area contributed by atoms with Gasteiger partial charge in [0.2, 0.25) is 0 Å². The lowest BCUT2D eigenvalue weighted by Crippen LogP contribution is -2.13. The number of halogens is 3. The van der Waals surface area contributed by atoms with Crippen molar-refractivity contribution in [2.45, 2.75) is 6.04 Å². The predicted octanol–water partition coefficient (Wildman–Crippen LogP) is 3.88. The molecule has 1 heterocycles. The highest BCUT2D eigenvalue weighted by Gasteiger charge is 2.18. The molecule has 0 spiro atoms. The van der Waals surface area contributed by atoms with Crippen LogP contribution in [0.5, 0.6) is 0 Å². The molecule has 0 aliphatic rings. The highest BCUT2D eigenvalue weighted by molar-refractivity contribution is 9.10. The Hall–Kier alpha value is -0.840. The van der Waals surface area contributed by atoms with Crippen molar-refractivity contribution in [2.24, 2.45) is 5.73 Å². The lowest BCUT2D eigenvalue weighted by molar-refractivity contribution is 0.561. The first-order valence-electron chi connectivity index (χ1n) is 4.53. The molecule has 1 unspecified atom stereocenters. The topological polar surface area (TPSA) is 39.2 Å². The highest BCUT2D eigenvalue weighted by atomic mass is 79.9. The Labute approximate surface area is 105 Å². The summed E-state index contributed by atoms with van der Waals surface area (Å²) in [5.41, 5.74) is 6.87.